The molecule has 0 aromatic heterocycles. The van der Waals surface area contributed by atoms with Crippen molar-refractivity contribution in [3.8, 4) is 0 Å². The van der Waals surface area contributed by atoms with Gasteiger partial charge in [-0.05, 0) is 42.5 Å². The molecule has 5 heteroatoms. The Hall–Kier alpha value is -0.680. The molecule has 0 amide bonds. The van der Waals surface area contributed by atoms with Gasteiger partial charge in [-0.1, -0.05) is 13.0 Å². The first-order chi connectivity index (χ1) is 8.94. The maximum absolute atomic E-state index is 12.0. The summed E-state index contributed by atoms with van der Waals surface area (Å²) in [5, 5.41) is 2.58. The molecule has 1 aliphatic carbocycles. The average Bonchev–Trinajstić information content (AvgIpc) is 2.74. The molecule has 1 unspecified atom stereocenters. The lowest BCUT2D eigenvalue weighted by Gasteiger charge is -2.14. The summed E-state index contributed by atoms with van der Waals surface area (Å²) in [4.78, 5) is 1.15. The highest BCUT2D eigenvalue weighted by atomic mass is 32.2. The molecule has 1 aliphatic rings. The van der Waals surface area contributed by atoms with Crippen LogP contribution in [0.1, 0.15) is 24.5 Å². The highest BCUT2D eigenvalue weighted by Gasteiger charge is 2.26. The first-order valence-corrected chi connectivity index (χ1v) is 7.38. The summed E-state index contributed by atoms with van der Waals surface area (Å²) >= 11 is 1.63. The van der Waals surface area contributed by atoms with Gasteiger partial charge in [-0.25, -0.2) is 0 Å². The lowest BCUT2D eigenvalue weighted by Crippen LogP contribution is -2.32. The summed E-state index contributed by atoms with van der Waals surface area (Å²) in [6.45, 7) is 1.39. The van der Waals surface area contributed by atoms with Crippen molar-refractivity contribution in [1.29, 1.82) is 0 Å². The Morgan fingerprint density at radius 1 is 1.26 bits per heavy atom. The van der Waals surface area contributed by atoms with Crippen LogP contribution in [0, 0.1) is 0 Å². The van der Waals surface area contributed by atoms with Gasteiger partial charge in [-0.15, -0.1) is 11.8 Å². The van der Waals surface area contributed by atoms with Gasteiger partial charge in [0.25, 0.3) is 0 Å². The third-order valence-electron chi connectivity index (χ3n) is 3.16. The molecule has 0 saturated carbocycles. The lowest BCUT2D eigenvalue weighted by atomic mass is 10.1. The van der Waals surface area contributed by atoms with Crippen molar-refractivity contribution in [3.05, 3.63) is 29.3 Å². The Bertz CT molecular complexity index is 431. The molecule has 2 rings (SSSR count). The van der Waals surface area contributed by atoms with Gasteiger partial charge in [0.2, 0.25) is 0 Å². The van der Waals surface area contributed by atoms with Crippen LogP contribution in [0.25, 0.3) is 0 Å². The van der Waals surface area contributed by atoms with E-state index in [9.17, 15) is 13.2 Å². The SMILES string of the molecule is CC(CNCC(F)(F)F)Sc1ccc2c(c1)CCC2. The van der Waals surface area contributed by atoms with Crippen LogP contribution in [0.15, 0.2) is 23.1 Å². The first kappa shape index (κ1) is 14.7. The number of thioether (sulfide) groups is 1. The second kappa shape index (κ2) is 6.18. The minimum absolute atomic E-state index is 0.127. The van der Waals surface area contributed by atoms with Crippen molar-refractivity contribution in [2.45, 2.75) is 42.5 Å². The van der Waals surface area contributed by atoms with Crippen LogP contribution in [0.4, 0.5) is 13.2 Å². The van der Waals surface area contributed by atoms with E-state index in [0.717, 1.165) is 17.7 Å². The van der Waals surface area contributed by atoms with Crippen LogP contribution in [0.2, 0.25) is 0 Å². The molecule has 0 fully saturated rings. The third kappa shape index (κ3) is 4.73. The van der Waals surface area contributed by atoms with Crippen LogP contribution in [-0.2, 0) is 12.8 Å². The minimum atomic E-state index is -4.13. The first-order valence-electron chi connectivity index (χ1n) is 6.50. The Labute approximate surface area is 116 Å². The van der Waals surface area contributed by atoms with Gasteiger partial charge in [-0.3, -0.25) is 0 Å². The van der Waals surface area contributed by atoms with E-state index in [-0.39, 0.29) is 5.25 Å². The fraction of sp³-hybridized carbons (Fsp3) is 0.571. The van der Waals surface area contributed by atoms with E-state index in [0.29, 0.717) is 6.54 Å². The summed E-state index contributed by atoms with van der Waals surface area (Å²) in [5.41, 5.74) is 2.83. The highest BCUT2D eigenvalue weighted by Crippen LogP contribution is 2.29. The van der Waals surface area contributed by atoms with Gasteiger partial charge in [0.1, 0.15) is 0 Å². The van der Waals surface area contributed by atoms with Gasteiger partial charge in [-0.2, -0.15) is 13.2 Å². The summed E-state index contributed by atoms with van der Waals surface area (Å²) < 4.78 is 36.0. The molecule has 106 valence electrons. The molecule has 1 aromatic rings. The van der Waals surface area contributed by atoms with Gasteiger partial charge in [0, 0.05) is 16.7 Å². The number of nitrogens with one attached hydrogen (secondary N) is 1. The quantitative estimate of drug-likeness (QED) is 0.827. The van der Waals surface area contributed by atoms with Gasteiger partial charge in [0.15, 0.2) is 0 Å². The smallest absolute Gasteiger partial charge is 0.308 e. The van der Waals surface area contributed by atoms with E-state index in [4.69, 9.17) is 0 Å². The molecule has 0 saturated heterocycles. The Kier molecular flexibility index (Phi) is 4.79. The fourth-order valence-electron chi connectivity index (χ4n) is 2.31. The minimum Gasteiger partial charge on any atom is -0.308 e. The second-order valence-electron chi connectivity index (χ2n) is 4.96. The predicted octanol–water partition coefficient (Wildman–Crippen LogP) is 3.81. The number of halogens is 3. The zero-order valence-electron chi connectivity index (χ0n) is 10.9. The molecule has 0 spiro atoms. The number of fused-ring (bicyclic) bond motifs is 1. The molecular formula is C14H18F3NS. The number of hydrogen-bond donors (Lipinski definition) is 1. The standard InChI is InChI=1S/C14H18F3NS/c1-10(8-18-9-14(15,16)17)19-13-6-5-11-3-2-4-12(11)7-13/h5-7,10,18H,2-4,8-9H2,1H3. The van der Waals surface area contributed by atoms with Crippen LogP contribution in [-0.4, -0.2) is 24.5 Å². The van der Waals surface area contributed by atoms with Crippen molar-refractivity contribution in [2.24, 2.45) is 0 Å². The van der Waals surface area contributed by atoms with Crippen molar-refractivity contribution in [1.82, 2.24) is 5.32 Å². The largest absolute Gasteiger partial charge is 0.401 e. The van der Waals surface area contributed by atoms with E-state index in [1.165, 1.54) is 17.5 Å². The fourth-order valence-corrected chi connectivity index (χ4v) is 3.34. The molecule has 1 nitrogen and oxygen atoms in total. The number of alkyl halides is 3. The van der Waals surface area contributed by atoms with Crippen LogP contribution in [0.3, 0.4) is 0 Å². The van der Waals surface area contributed by atoms with Crippen LogP contribution < -0.4 is 5.32 Å². The molecule has 0 aliphatic heterocycles. The monoisotopic (exact) mass is 289 g/mol. The van der Waals surface area contributed by atoms with Crippen molar-refractivity contribution in [2.75, 3.05) is 13.1 Å². The summed E-state index contributed by atoms with van der Waals surface area (Å²) in [5.74, 6) is 0. The Balaban J connectivity index is 1.80. The zero-order valence-corrected chi connectivity index (χ0v) is 11.7. The molecule has 19 heavy (non-hydrogen) atoms. The highest BCUT2D eigenvalue weighted by molar-refractivity contribution is 8.00. The van der Waals surface area contributed by atoms with Crippen molar-refractivity contribution >= 4 is 11.8 Å². The normalized spacial score (nSPS) is 16.4. The van der Waals surface area contributed by atoms with Crippen molar-refractivity contribution in [3.63, 3.8) is 0 Å². The second-order valence-corrected chi connectivity index (χ2v) is 6.47. The lowest BCUT2D eigenvalue weighted by molar-refractivity contribution is -0.124. The van der Waals surface area contributed by atoms with E-state index >= 15 is 0 Å². The summed E-state index contributed by atoms with van der Waals surface area (Å²) in [7, 11) is 0. The number of rotatable bonds is 5. The molecule has 0 bridgehead atoms. The molecule has 1 atom stereocenters. The van der Waals surface area contributed by atoms with E-state index in [2.05, 4.69) is 23.5 Å². The number of benzene rings is 1. The maximum Gasteiger partial charge on any atom is 0.401 e. The average molecular weight is 289 g/mol. The Morgan fingerprint density at radius 2 is 2.00 bits per heavy atom. The zero-order chi connectivity index (χ0) is 13.9. The molecule has 0 radical (unpaired) electrons. The van der Waals surface area contributed by atoms with E-state index in [1.54, 1.807) is 11.8 Å². The van der Waals surface area contributed by atoms with Gasteiger partial charge < -0.3 is 5.32 Å². The van der Waals surface area contributed by atoms with Crippen molar-refractivity contribution < 1.29 is 13.2 Å². The van der Waals surface area contributed by atoms with Crippen LogP contribution in [0.5, 0.6) is 0 Å². The topological polar surface area (TPSA) is 12.0 Å². The molecule has 1 N–H and O–H groups in total. The summed E-state index contributed by atoms with van der Waals surface area (Å²) in [6.07, 6.45) is -0.627. The van der Waals surface area contributed by atoms with Gasteiger partial charge in [0.05, 0.1) is 6.54 Å². The third-order valence-corrected chi connectivity index (χ3v) is 4.26. The maximum atomic E-state index is 12.0. The molecular weight excluding hydrogens is 271 g/mol. The predicted molar refractivity (Wildman–Crippen MR) is 72.7 cm³/mol. The van der Waals surface area contributed by atoms with Gasteiger partial charge >= 0.3 is 6.18 Å². The Morgan fingerprint density at radius 3 is 2.74 bits per heavy atom. The van der Waals surface area contributed by atoms with E-state index < -0.39 is 12.7 Å². The molecule has 1 aromatic carbocycles. The number of aryl methyl sites for hydroxylation is 2. The molecule has 0 heterocycles. The summed E-state index contributed by atoms with van der Waals surface area (Å²) in [6, 6.07) is 6.42. The van der Waals surface area contributed by atoms with E-state index in [1.807, 2.05) is 6.92 Å². The number of hydrogen-bond acceptors (Lipinski definition) is 2. The van der Waals surface area contributed by atoms with Crippen LogP contribution >= 0.6 is 11.8 Å².